The summed E-state index contributed by atoms with van der Waals surface area (Å²) in [4.78, 5) is 10.3. The van der Waals surface area contributed by atoms with Gasteiger partial charge in [0.2, 0.25) is 0 Å². The molecule has 0 atom stereocenters. The lowest BCUT2D eigenvalue weighted by Gasteiger charge is -2.08. The van der Waals surface area contributed by atoms with Crippen molar-refractivity contribution in [3.8, 4) is 5.75 Å². The largest absolute Gasteiger partial charge is 0.496 e. The van der Waals surface area contributed by atoms with Crippen LogP contribution in [0.15, 0.2) is 18.2 Å². The van der Waals surface area contributed by atoms with Crippen molar-refractivity contribution >= 4 is 11.4 Å². The van der Waals surface area contributed by atoms with Gasteiger partial charge in [-0.15, -0.1) is 0 Å². The van der Waals surface area contributed by atoms with Crippen LogP contribution < -0.4 is 10.1 Å². The number of nitro benzene ring substituents is 1. The fourth-order valence-electron chi connectivity index (χ4n) is 1.52. The van der Waals surface area contributed by atoms with E-state index in [0.29, 0.717) is 24.6 Å². The van der Waals surface area contributed by atoms with Gasteiger partial charge in [0.25, 0.3) is 5.69 Å². The highest BCUT2D eigenvalue weighted by molar-refractivity contribution is 5.56. The van der Waals surface area contributed by atoms with E-state index in [0.717, 1.165) is 19.4 Å². The monoisotopic (exact) mass is 268 g/mol. The minimum absolute atomic E-state index is 0.00810. The predicted octanol–water partition coefficient (Wildman–Crippen LogP) is 2.83. The molecule has 0 radical (unpaired) electrons. The molecule has 0 saturated carbocycles. The maximum atomic E-state index is 10.8. The van der Waals surface area contributed by atoms with Crippen molar-refractivity contribution in [1.82, 2.24) is 0 Å². The quantitative estimate of drug-likeness (QED) is 0.423. The number of nitro groups is 1. The molecule has 0 aromatic heterocycles. The fourth-order valence-corrected chi connectivity index (χ4v) is 1.52. The van der Waals surface area contributed by atoms with E-state index >= 15 is 0 Å². The Morgan fingerprint density at radius 2 is 2.11 bits per heavy atom. The molecule has 0 heterocycles. The third-order valence-corrected chi connectivity index (χ3v) is 2.56. The summed E-state index contributed by atoms with van der Waals surface area (Å²) in [6.07, 6.45) is 2.15. The number of hydrogen-bond acceptors (Lipinski definition) is 5. The van der Waals surface area contributed by atoms with E-state index in [9.17, 15) is 10.1 Å². The summed E-state index contributed by atoms with van der Waals surface area (Å²) in [6.45, 7) is 4.03. The first kappa shape index (κ1) is 15.2. The van der Waals surface area contributed by atoms with E-state index in [1.807, 2.05) is 0 Å². The molecule has 1 rings (SSSR count). The highest BCUT2D eigenvalue weighted by Gasteiger charge is 2.09. The van der Waals surface area contributed by atoms with Crippen molar-refractivity contribution in [3.63, 3.8) is 0 Å². The van der Waals surface area contributed by atoms with Crippen LogP contribution in [-0.4, -0.2) is 31.8 Å². The Labute approximate surface area is 112 Å². The van der Waals surface area contributed by atoms with E-state index in [4.69, 9.17) is 9.47 Å². The second-order valence-electron chi connectivity index (χ2n) is 4.07. The number of hydrogen-bond donors (Lipinski definition) is 1. The van der Waals surface area contributed by atoms with Crippen LogP contribution in [0.4, 0.5) is 11.4 Å². The van der Waals surface area contributed by atoms with Crippen LogP contribution in [-0.2, 0) is 4.74 Å². The maximum Gasteiger partial charge on any atom is 0.275 e. The molecular weight excluding hydrogens is 248 g/mol. The molecule has 0 aliphatic rings. The normalized spacial score (nSPS) is 10.2. The molecule has 0 saturated heterocycles. The zero-order valence-corrected chi connectivity index (χ0v) is 11.3. The SMILES string of the molecule is CCCCOCCNc1cc(OC)cc([N+](=O)[O-])c1. The Kier molecular flexibility index (Phi) is 6.67. The summed E-state index contributed by atoms with van der Waals surface area (Å²) in [7, 11) is 1.48. The molecule has 19 heavy (non-hydrogen) atoms. The third kappa shape index (κ3) is 5.56. The maximum absolute atomic E-state index is 10.8. The molecule has 0 amide bonds. The first-order valence-electron chi connectivity index (χ1n) is 6.32. The first-order chi connectivity index (χ1) is 9.17. The number of nitrogens with one attached hydrogen (secondary N) is 1. The Morgan fingerprint density at radius 3 is 2.74 bits per heavy atom. The number of nitrogens with zero attached hydrogens (tertiary/aromatic N) is 1. The minimum atomic E-state index is -0.439. The molecule has 0 fully saturated rings. The molecule has 6 nitrogen and oxygen atoms in total. The van der Waals surface area contributed by atoms with Gasteiger partial charge in [0.1, 0.15) is 5.75 Å². The van der Waals surface area contributed by atoms with E-state index in [1.54, 1.807) is 6.07 Å². The van der Waals surface area contributed by atoms with Crippen LogP contribution in [0.5, 0.6) is 5.75 Å². The summed E-state index contributed by atoms with van der Waals surface area (Å²) in [6, 6.07) is 4.59. The average molecular weight is 268 g/mol. The molecule has 106 valence electrons. The second kappa shape index (κ2) is 8.31. The van der Waals surface area contributed by atoms with Crippen molar-refractivity contribution < 1.29 is 14.4 Å². The smallest absolute Gasteiger partial charge is 0.275 e. The number of non-ortho nitro benzene ring substituents is 1. The van der Waals surface area contributed by atoms with Crippen LogP contribution in [0, 0.1) is 10.1 Å². The summed E-state index contributed by atoms with van der Waals surface area (Å²) in [5, 5.41) is 13.8. The van der Waals surface area contributed by atoms with Crippen LogP contribution in [0.25, 0.3) is 0 Å². The van der Waals surface area contributed by atoms with E-state index < -0.39 is 4.92 Å². The van der Waals surface area contributed by atoms with Gasteiger partial charge in [-0.25, -0.2) is 0 Å². The second-order valence-corrected chi connectivity index (χ2v) is 4.07. The number of anilines is 1. The van der Waals surface area contributed by atoms with Crippen LogP contribution in [0.1, 0.15) is 19.8 Å². The molecule has 0 aliphatic heterocycles. The zero-order valence-electron chi connectivity index (χ0n) is 11.3. The summed E-state index contributed by atoms with van der Waals surface area (Å²) < 4.78 is 10.4. The number of benzene rings is 1. The van der Waals surface area contributed by atoms with E-state index in [2.05, 4.69) is 12.2 Å². The number of methoxy groups -OCH3 is 1. The van der Waals surface area contributed by atoms with Gasteiger partial charge in [0.05, 0.1) is 24.7 Å². The zero-order chi connectivity index (χ0) is 14.1. The lowest BCUT2D eigenvalue weighted by atomic mass is 10.2. The molecule has 6 heteroatoms. The lowest BCUT2D eigenvalue weighted by molar-refractivity contribution is -0.384. The average Bonchev–Trinajstić information content (AvgIpc) is 2.42. The van der Waals surface area contributed by atoms with Gasteiger partial charge >= 0.3 is 0 Å². The van der Waals surface area contributed by atoms with Crippen LogP contribution >= 0.6 is 0 Å². The van der Waals surface area contributed by atoms with E-state index in [1.165, 1.54) is 19.2 Å². The lowest BCUT2D eigenvalue weighted by Crippen LogP contribution is -2.10. The third-order valence-electron chi connectivity index (χ3n) is 2.56. The molecule has 0 spiro atoms. The van der Waals surface area contributed by atoms with Gasteiger partial charge in [0.15, 0.2) is 0 Å². The standard InChI is InChI=1S/C13H20N2O4/c1-3-4-6-19-7-5-14-11-8-12(15(16)17)10-13(9-11)18-2/h8-10,14H,3-7H2,1-2H3. The van der Waals surface area contributed by atoms with Crippen molar-refractivity contribution in [2.45, 2.75) is 19.8 Å². The fraction of sp³-hybridized carbons (Fsp3) is 0.538. The topological polar surface area (TPSA) is 73.6 Å². The van der Waals surface area contributed by atoms with Gasteiger partial charge < -0.3 is 14.8 Å². The molecule has 0 aliphatic carbocycles. The predicted molar refractivity (Wildman–Crippen MR) is 73.9 cm³/mol. The van der Waals surface area contributed by atoms with Gasteiger partial charge in [-0.1, -0.05) is 13.3 Å². The first-order valence-corrected chi connectivity index (χ1v) is 6.32. The van der Waals surface area contributed by atoms with Crippen molar-refractivity contribution in [2.24, 2.45) is 0 Å². The summed E-state index contributed by atoms with van der Waals surface area (Å²) in [5.74, 6) is 0.462. The Bertz CT molecular complexity index is 410. The number of ether oxygens (including phenoxy) is 2. The van der Waals surface area contributed by atoms with Crippen LogP contribution in [0.2, 0.25) is 0 Å². The minimum Gasteiger partial charge on any atom is -0.496 e. The van der Waals surface area contributed by atoms with E-state index in [-0.39, 0.29) is 5.69 Å². The molecule has 1 aromatic carbocycles. The van der Waals surface area contributed by atoms with Gasteiger partial charge in [0, 0.05) is 31.0 Å². The number of rotatable bonds is 9. The van der Waals surface area contributed by atoms with Gasteiger partial charge in [-0.05, 0) is 6.42 Å². The molecular formula is C13H20N2O4. The van der Waals surface area contributed by atoms with Crippen LogP contribution in [0.3, 0.4) is 0 Å². The Hall–Kier alpha value is -1.82. The summed E-state index contributed by atoms with van der Waals surface area (Å²) in [5.41, 5.74) is 0.666. The number of unbranched alkanes of at least 4 members (excludes halogenated alkanes) is 1. The van der Waals surface area contributed by atoms with Gasteiger partial charge in [-0.3, -0.25) is 10.1 Å². The highest BCUT2D eigenvalue weighted by atomic mass is 16.6. The highest BCUT2D eigenvalue weighted by Crippen LogP contribution is 2.25. The molecule has 0 unspecified atom stereocenters. The molecule has 0 bridgehead atoms. The van der Waals surface area contributed by atoms with Crippen molar-refractivity contribution in [1.29, 1.82) is 0 Å². The summed E-state index contributed by atoms with van der Waals surface area (Å²) >= 11 is 0. The van der Waals surface area contributed by atoms with Crippen molar-refractivity contribution in [3.05, 3.63) is 28.3 Å². The Morgan fingerprint density at radius 1 is 1.32 bits per heavy atom. The van der Waals surface area contributed by atoms with Crippen molar-refractivity contribution in [2.75, 3.05) is 32.2 Å². The van der Waals surface area contributed by atoms with Gasteiger partial charge in [-0.2, -0.15) is 0 Å². The Balaban J connectivity index is 2.48. The molecule has 1 aromatic rings. The molecule has 1 N–H and O–H groups in total.